The summed E-state index contributed by atoms with van der Waals surface area (Å²) in [4.78, 5) is 11.2. The summed E-state index contributed by atoms with van der Waals surface area (Å²) in [5.41, 5.74) is 0. The van der Waals surface area contributed by atoms with Gasteiger partial charge in [-0.1, -0.05) is 0 Å². The molecule has 0 aromatic carbocycles. The number of aliphatic hydroxyl groups is 1. The molecule has 100 valence electrons. The Morgan fingerprint density at radius 1 is 1.35 bits per heavy atom. The van der Waals surface area contributed by atoms with Crippen LogP contribution in [0.5, 0.6) is 0 Å². The fraction of sp³-hybridized carbons (Fsp3) is 0.909. The van der Waals surface area contributed by atoms with Crippen LogP contribution in [0.15, 0.2) is 0 Å². The Hall–Kier alpha value is -0.780. The Morgan fingerprint density at radius 3 is 2.29 bits per heavy atom. The molecule has 1 aliphatic rings. The molecule has 1 fully saturated rings. The summed E-state index contributed by atoms with van der Waals surface area (Å²) in [6.07, 6.45) is -5.08. The maximum atomic E-state index is 12.4. The van der Waals surface area contributed by atoms with E-state index in [0.717, 1.165) is 0 Å². The topological polar surface area (TPSA) is 46.5 Å². The van der Waals surface area contributed by atoms with E-state index in [-0.39, 0.29) is 32.3 Å². The highest BCUT2D eigenvalue weighted by molar-refractivity contribution is 5.74. The second kappa shape index (κ2) is 5.71. The zero-order valence-electron chi connectivity index (χ0n) is 9.67. The molecule has 17 heavy (non-hydrogen) atoms. The average Bonchev–Trinajstić information content (AvgIpc) is 2.27. The first-order valence-corrected chi connectivity index (χ1v) is 5.77. The molecule has 0 aliphatic heterocycles. The highest BCUT2D eigenvalue weighted by Crippen LogP contribution is 2.40. The summed E-state index contributed by atoms with van der Waals surface area (Å²) >= 11 is 0. The quantitative estimate of drug-likeness (QED) is 0.786. The number of ether oxygens (including phenoxy) is 1. The normalized spacial score (nSPS) is 27.6. The molecule has 0 amide bonds. The molecule has 1 unspecified atom stereocenters. The fourth-order valence-corrected chi connectivity index (χ4v) is 2.18. The van der Waals surface area contributed by atoms with Crippen molar-refractivity contribution in [2.24, 2.45) is 11.8 Å². The monoisotopic (exact) mass is 254 g/mol. The highest BCUT2D eigenvalue weighted by atomic mass is 19.4. The number of carbonyl (C=O) groups is 1. The van der Waals surface area contributed by atoms with Gasteiger partial charge in [0.25, 0.3) is 0 Å². The molecule has 0 heterocycles. The van der Waals surface area contributed by atoms with Gasteiger partial charge in [-0.2, -0.15) is 13.2 Å². The molecule has 1 N–H and O–H groups in total. The van der Waals surface area contributed by atoms with Gasteiger partial charge in [0.05, 0.1) is 12.5 Å². The molecule has 0 spiro atoms. The van der Waals surface area contributed by atoms with Crippen LogP contribution in [0, 0.1) is 11.8 Å². The summed E-state index contributed by atoms with van der Waals surface area (Å²) in [5.74, 6) is -2.44. The van der Waals surface area contributed by atoms with Gasteiger partial charge in [0, 0.05) is 0 Å². The van der Waals surface area contributed by atoms with Crippen molar-refractivity contribution in [1.82, 2.24) is 0 Å². The molecule has 1 saturated carbocycles. The fourth-order valence-electron chi connectivity index (χ4n) is 2.18. The summed E-state index contributed by atoms with van der Waals surface area (Å²) < 4.78 is 41.8. The van der Waals surface area contributed by atoms with E-state index < -0.39 is 30.1 Å². The standard InChI is InChI=1S/C11H17F3O3/c1-2-17-10(16)9(15)7-3-5-8(6-4-7)11(12,13)14/h7-9,15H,2-6H2,1H3. The van der Waals surface area contributed by atoms with Gasteiger partial charge in [-0.25, -0.2) is 4.79 Å². The second-order valence-electron chi connectivity index (χ2n) is 4.35. The summed E-state index contributed by atoms with van der Waals surface area (Å²) in [6.45, 7) is 1.78. The molecular formula is C11H17F3O3. The first kappa shape index (κ1) is 14.3. The van der Waals surface area contributed by atoms with Crippen LogP contribution < -0.4 is 0 Å². The number of hydrogen-bond acceptors (Lipinski definition) is 3. The third-order valence-electron chi connectivity index (χ3n) is 3.21. The predicted octanol–water partition coefficient (Wildman–Crippen LogP) is 2.28. The van der Waals surface area contributed by atoms with Crippen LogP contribution in [0.2, 0.25) is 0 Å². The molecule has 1 atom stereocenters. The zero-order chi connectivity index (χ0) is 13.1. The number of carbonyl (C=O) groups excluding carboxylic acids is 1. The van der Waals surface area contributed by atoms with Crippen LogP contribution in [0.4, 0.5) is 13.2 Å². The van der Waals surface area contributed by atoms with Crippen molar-refractivity contribution in [3.05, 3.63) is 0 Å². The minimum atomic E-state index is -4.17. The second-order valence-corrected chi connectivity index (χ2v) is 4.35. The van der Waals surface area contributed by atoms with Gasteiger partial charge in [0.1, 0.15) is 0 Å². The van der Waals surface area contributed by atoms with Crippen molar-refractivity contribution in [1.29, 1.82) is 0 Å². The third-order valence-corrected chi connectivity index (χ3v) is 3.21. The van der Waals surface area contributed by atoms with E-state index in [1.165, 1.54) is 0 Å². The van der Waals surface area contributed by atoms with Gasteiger partial charge in [0.15, 0.2) is 6.10 Å². The molecule has 1 aliphatic carbocycles. The molecule has 0 aromatic heterocycles. The molecule has 0 saturated heterocycles. The molecular weight excluding hydrogens is 237 g/mol. The van der Waals surface area contributed by atoms with Crippen molar-refractivity contribution < 1.29 is 27.8 Å². The molecule has 0 bridgehead atoms. The van der Waals surface area contributed by atoms with E-state index in [4.69, 9.17) is 0 Å². The minimum absolute atomic E-state index is 0.0232. The first-order valence-electron chi connectivity index (χ1n) is 5.77. The highest BCUT2D eigenvalue weighted by Gasteiger charge is 2.43. The Bertz CT molecular complexity index is 257. The van der Waals surface area contributed by atoms with E-state index in [9.17, 15) is 23.1 Å². The number of rotatable bonds is 3. The lowest BCUT2D eigenvalue weighted by Crippen LogP contribution is -2.36. The van der Waals surface area contributed by atoms with Crippen molar-refractivity contribution in [3.8, 4) is 0 Å². The van der Waals surface area contributed by atoms with Crippen LogP contribution in [0.3, 0.4) is 0 Å². The molecule has 0 radical (unpaired) electrons. The number of halogens is 3. The van der Waals surface area contributed by atoms with E-state index in [1.54, 1.807) is 6.92 Å². The summed E-state index contributed by atoms with van der Waals surface area (Å²) in [7, 11) is 0. The third kappa shape index (κ3) is 3.87. The van der Waals surface area contributed by atoms with Gasteiger partial charge in [0.2, 0.25) is 0 Å². The Balaban J connectivity index is 2.44. The number of aliphatic hydroxyl groups excluding tert-OH is 1. The van der Waals surface area contributed by atoms with E-state index in [0.29, 0.717) is 0 Å². The molecule has 3 nitrogen and oxygen atoms in total. The summed E-state index contributed by atoms with van der Waals surface area (Å²) in [6, 6.07) is 0. The van der Waals surface area contributed by atoms with E-state index >= 15 is 0 Å². The van der Waals surface area contributed by atoms with Gasteiger partial charge >= 0.3 is 12.1 Å². The molecule has 0 aromatic rings. The predicted molar refractivity (Wildman–Crippen MR) is 54.1 cm³/mol. The zero-order valence-corrected chi connectivity index (χ0v) is 9.67. The van der Waals surface area contributed by atoms with Crippen molar-refractivity contribution >= 4 is 5.97 Å². The number of hydrogen-bond donors (Lipinski definition) is 1. The lowest BCUT2D eigenvalue weighted by Gasteiger charge is -2.31. The van der Waals surface area contributed by atoms with Crippen LogP contribution in [0.25, 0.3) is 0 Å². The summed E-state index contributed by atoms with van der Waals surface area (Å²) in [5, 5.41) is 9.61. The van der Waals surface area contributed by atoms with Gasteiger partial charge in [-0.3, -0.25) is 0 Å². The van der Waals surface area contributed by atoms with Gasteiger partial charge in [-0.15, -0.1) is 0 Å². The average molecular weight is 254 g/mol. The lowest BCUT2D eigenvalue weighted by atomic mass is 9.79. The smallest absolute Gasteiger partial charge is 0.391 e. The van der Waals surface area contributed by atoms with Crippen LogP contribution in [-0.2, 0) is 9.53 Å². The molecule has 6 heteroatoms. The Labute approximate surface area is 97.9 Å². The van der Waals surface area contributed by atoms with Gasteiger partial charge < -0.3 is 9.84 Å². The largest absolute Gasteiger partial charge is 0.464 e. The maximum Gasteiger partial charge on any atom is 0.391 e. The van der Waals surface area contributed by atoms with Gasteiger partial charge in [-0.05, 0) is 38.5 Å². The van der Waals surface area contributed by atoms with Crippen molar-refractivity contribution in [2.75, 3.05) is 6.61 Å². The van der Waals surface area contributed by atoms with Crippen LogP contribution in [0.1, 0.15) is 32.6 Å². The van der Waals surface area contributed by atoms with Crippen LogP contribution in [-0.4, -0.2) is 30.0 Å². The first-order chi connectivity index (χ1) is 7.86. The lowest BCUT2D eigenvalue weighted by molar-refractivity contribution is -0.187. The minimum Gasteiger partial charge on any atom is -0.464 e. The SMILES string of the molecule is CCOC(=O)C(O)C1CCC(C(F)(F)F)CC1. The van der Waals surface area contributed by atoms with Crippen LogP contribution >= 0.6 is 0 Å². The number of esters is 1. The van der Waals surface area contributed by atoms with E-state index in [1.807, 2.05) is 0 Å². The molecule has 1 rings (SSSR count). The number of alkyl halides is 3. The Kier molecular flexibility index (Phi) is 4.80. The maximum absolute atomic E-state index is 12.4. The van der Waals surface area contributed by atoms with Crippen molar-refractivity contribution in [3.63, 3.8) is 0 Å². The van der Waals surface area contributed by atoms with Crippen molar-refractivity contribution in [2.45, 2.75) is 44.9 Å². The Morgan fingerprint density at radius 2 is 1.88 bits per heavy atom. The van der Waals surface area contributed by atoms with E-state index in [2.05, 4.69) is 4.74 Å².